The minimum absolute atomic E-state index is 0.378. The number of nitriles is 1. The zero-order valence-electron chi connectivity index (χ0n) is 6.67. The summed E-state index contributed by atoms with van der Waals surface area (Å²) in [4.78, 5) is 0. The van der Waals surface area contributed by atoms with Crippen LogP contribution in [0.3, 0.4) is 0 Å². The van der Waals surface area contributed by atoms with Crippen molar-refractivity contribution in [1.29, 1.82) is 5.26 Å². The Kier molecular flexibility index (Phi) is 3.09. The first-order valence-corrected chi connectivity index (χ1v) is 3.84. The number of rotatable bonds is 2. The fourth-order valence-electron chi connectivity index (χ4n) is 0.954. The van der Waals surface area contributed by atoms with E-state index in [0.717, 1.165) is 5.56 Å². The highest BCUT2D eigenvalue weighted by Gasteiger charge is 2.04. The van der Waals surface area contributed by atoms with E-state index >= 15 is 0 Å². The summed E-state index contributed by atoms with van der Waals surface area (Å²) in [5.41, 5.74) is 1.33. The van der Waals surface area contributed by atoms with Gasteiger partial charge in [-0.3, -0.25) is 0 Å². The second-order valence-electron chi connectivity index (χ2n) is 2.31. The standard InChI is InChI=1S/C9H8ClNO/c1-12-6-8-7(5-11)3-2-4-9(8)10/h2-4H,6H2,1H3. The predicted molar refractivity (Wildman–Crippen MR) is 46.9 cm³/mol. The Morgan fingerprint density at radius 2 is 2.33 bits per heavy atom. The molecule has 0 fully saturated rings. The van der Waals surface area contributed by atoms with Crippen molar-refractivity contribution in [3.63, 3.8) is 0 Å². The number of nitrogens with zero attached hydrogens (tertiary/aromatic N) is 1. The first-order valence-electron chi connectivity index (χ1n) is 3.46. The average Bonchev–Trinajstić information content (AvgIpc) is 2.09. The first-order chi connectivity index (χ1) is 5.79. The van der Waals surface area contributed by atoms with Crippen LogP contribution < -0.4 is 0 Å². The summed E-state index contributed by atoms with van der Waals surface area (Å²) in [5, 5.41) is 9.28. The molecule has 1 rings (SSSR count). The molecule has 0 saturated carbocycles. The van der Waals surface area contributed by atoms with Crippen molar-refractivity contribution in [2.75, 3.05) is 7.11 Å². The van der Waals surface area contributed by atoms with Gasteiger partial charge in [0.05, 0.1) is 18.2 Å². The number of hydrogen-bond donors (Lipinski definition) is 0. The Labute approximate surface area is 76.3 Å². The summed E-state index contributed by atoms with van der Waals surface area (Å²) < 4.78 is 4.92. The molecule has 0 heterocycles. The monoisotopic (exact) mass is 181 g/mol. The number of benzene rings is 1. The summed E-state index contributed by atoms with van der Waals surface area (Å²) in [5.74, 6) is 0. The molecule has 2 nitrogen and oxygen atoms in total. The van der Waals surface area contributed by atoms with E-state index in [1.165, 1.54) is 0 Å². The van der Waals surface area contributed by atoms with Crippen LogP contribution in [0.1, 0.15) is 11.1 Å². The molecule has 12 heavy (non-hydrogen) atoms. The van der Waals surface area contributed by atoms with Crippen molar-refractivity contribution < 1.29 is 4.74 Å². The van der Waals surface area contributed by atoms with Crippen LogP contribution in [0.15, 0.2) is 18.2 Å². The lowest BCUT2D eigenvalue weighted by Crippen LogP contribution is -1.93. The third-order valence-electron chi connectivity index (χ3n) is 1.53. The van der Waals surface area contributed by atoms with E-state index in [4.69, 9.17) is 21.6 Å². The first kappa shape index (κ1) is 9.05. The van der Waals surface area contributed by atoms with Crippen molar-refractivity contribution >= 4 is 11.6 Å². The quantitative estimate of drug-likeness (QED) is 0.702. The normalized spacial score (nSPS) is 9.42. The largest absolute Gasteiger partial charge is 0.380 e. The molecule has 0 unspecified atom stereocenters. The van der Waals surface area contributed by atoms with E-state index < -0.39 is 0 Å². The zero-order valence-corrected chi connectivity index (χ0v) is 7.43. The number of ether oxygens (including phenoxy) is 1. The van der Waals surface area contributed by atoms with Gasteiger partial charge in [0, 0.05) is 17.7 Å². The zero-order chi connectivity index (χ0) is 8.97. The molecule has 0 aliphatic carbocycles. The van der Waals surface area contributed by atoms with Crippen molar-refractivity contribution in [3.05, 3.63) is 34.3 Å². The van der Waals surface area contributed by atoms with Crippen LogP contribution in [0.25, 0.3) is 0 Å². The summed E-state index contributed by atoms with van der Waals surface area (Å²) >= 11 is 5.86. The van der Waals surface area contributed by atoms with Crippen LogP contribution in [0.5, 0.6) is 0 Å². The molecule has 0 atom stereocenters. The molecule has 0 bridgehead atoms. The topological polar surface area (TPSA) is 33.0 Å². The Morgan fingerprint density at radius 1 is 1.58 bits per heavy atom. The van der Waals surface area contributed by atoms with Gasteiger partial charge < -0.3 is 4.74 Å². The van der Waals surface area contributed by atoms with Crippen LogP contribution in [0, 0.1) is 11.3 Å². The van der Waals surface area contributed by atoms with Gasteiger partial charge in [-0.25, -0.2) is 0 Å². The molecule has 1 aromatic carbocycles. The van der Waals surface area contributed by atoms with Crippen LogP contribution in [0.2, 0.25) is 5.02 Å². The molecule has 1 aromatic rings. The molecule has 0 aromatic heterocycles. The lowest BCUT2D eigenvalue weighted by molar-refractivity contribution is 0.185. The molecule has 0 aliphatic rings. The summed E-state index contributed by atoms with van der Waals surface area (Å²) in [7, 11) is 1.57. The van der Waals surface area contributed by atoms with Gasteiger partial charge in [-0.05, 0) is 12.1 Å². The molecule has 0 aliphatic heterocycles. The Hall–Kier alpha value is -1.04. The maximum Gasteiger partial charge on any atom is 0.0995 e. The fraction of sp³-hybridized carbons (Fsp3) is 0.222. The van der Waals surface area contributed by atoms with Gasteiger partial charge in [0.1, 0.15) is 0 Å². The predicted octanol–water partition coefficient (Wildman–Crippen LogP) is 2.36. The van der Waals surface area contributed by atoms with Crippen molar-refractivity contribution in [1.82, 2.24) is 0 Å². The van der Waals surface area contributed by atoms with Crippen LogP contribution in [0.4, 0.5) is 0 Å². The van der Waals surface area contributed by atoms with Gasteiger partial charge in [-0.2, -0.15) is 5.26 Å². The highest BCUT2D eigenvalue weighted by molar-refractivity contribution is 6.31. The van der Waals surface area contributed by atoms with Crippen molar-refractivity contribution in [2.24, 2.45) is 0 Å². The average molecular weight is 182 g/mol. The van der Waals surface area contributed by atoms with Crippen LogP contribution in [-0.4, -0.2) is 7.11 Å². The van der Waals surface area contributed by atoms with Crippen molar-refractivity contribution in [3.8, 4) is 6.07 Å². The Balaban J connectivity index is 3.13. The van der Waals surface area contributed by atoms with E-state index in [1.54, 1.807) is 25.3 Å². The number of halogens is 1. The van der Waals surface area contributed by atoms with Gasteiger partial charge in [0.2, 0.25) is 0 Å². The molecule has 0 radical (unpaired) electrons. The smallest absolute Gasteiger partial charge is 0.0995 e. The van der Waals surface area contributed by atoms with Crippen molar-refractivity contribution in [2.45, 2.75) is 6.61 Å². The Morgan fingerprint density at radius 3 is 2.92 bits per heavy atom. The highest BCUT2D eigenvalue weighted by atomic mass is 35.5. The van der Waals surface area contributed by atoms with E-state index in [0.29, 0.717) is 17.2 Å². The maximum atomic E-state index is 8.71. The van der Waals surface area contributed by atoms with E-state index in [1.807, 2.05) is 0 Å². The number of hydrogen-bond acceptors (Lipinski definition) is 2. The third kappa shape index (κ3) is 1.76. The molecule has 3 heteroatoms. The Bertz CT molecular complexity index is 317. The molecule has 62 valence electrons. The second-order valence-corrected chi connectivity index (χ2v) is 2.72. The summed E-state index contributed by atoms with van der Waals surface area (Å²) in [6.45, 7) is 0.378. The van der Waals surface area contributed by atoms with Crippen LogP contribution in [-0.2, 0) is 11.3 Å². The lowest BCUT2D eigenvalue weighted by Gasteiger charge is -2.03. The second kappa shape index (κ2) is 4.10. The van der Waals surface area contributed by atoms with E-state index in [2.05, 4.69) is 6.07 Å². The maximum absolute atomic E-state index is 8.71. The molecular formula is C9H8ClNO. The molecular weight excluding hydrogens is 174 g/mol. The lowest BCUT2D eigenvalue weighted by atomic mass is 10.1. The van der Waals surface area contributed by atoms with E-state index in [9.17, 15) is 0 Å². The summed E-state index contributed by atoms with van der Waals surface area (Å²) in [6.07, 6.45) is 0. The van der Waals surface area contributed by atoms with Gasteiger partial charge in [0.15, 0.2) is 0 Å². The summed E-state index contributed by atoms with van der Waals surface area (Å²) in [6, 6.07) is 7.28. The minimum Gasteiger partial charge on any atom is -0.380 e. The highest BCUT2D eigenvalue weighted by Crippen LogP contribution is 2.19. The third-order valence-corrected chi connectivity index (χ3v) is 1.88. The van der Waals surface area contributed by atoms with Gasteiger partial charge in [0.25, 0.3) is 0 Å². The minimum atomic E-state index is 0.378. The van der Waals surface area contributed by atoms with E-state index in [-0.39, 0.29) is 0 Å². The SMILES string of the molecule is COCc1c(Cl)cccc1C#N. The van der Waals surface area contributed by atoms with Gasteiger partial charge in [-0.15, -0.1) is 0 Å². The molecule has 0 amide bonds. The molecule has 0 saturated heterocycles. The molecule has 0 N–H and O–H groups in total. The van der Waals surface area contributed by atoms with Gasteiger partial charge >= 0.3 is 0 Å². The fourth-order valence-corrected chi connectivity index (χ4v) is 1.18. The van der Waals surface area contributed by atoms with Gasteiger partial charge in [-0.1, -0.05) is 17.7 Å². The number of methoxy groups -OCH3 is 1. The molecule has 0 spiro atoms. The van der Waals surface area contributed by atoms with Crippen LogP contribution >= 0.6 is 11.6 Å².